The molecule has 4 rings (SSSR count). The van der Waals surface area contributed by atoms with Gasteiger partial charge in [-0.15, -0.1) is 10.2 Å². The first-order valence-corrected chi connectivity index (χ1v) is 10.9. The molecule has 31 heavy (non-hydrogen) atoms. The van der Waals surface area contributed by atoms with Crippen molar-refractivity contribution in [3.63, 3.8) is 0 Å². The van der Waals surface area contributed by atoms with E-state index in [1.807, 2.05) is 31.2 Å². The number of rotatable bonds is 8. The number of carbonyl (C=O) groups is 1. The van der Waals surface area contributed by atoms with Crippen molar-refractivity contribution in [1.29, 1.82) is 0 Å². The lowest BCUT2D eigenvalue weighted by Crippen LogP contribution is -2.36. The molecule has 1 fully saturated rings. The van der Waals surface area contributed by atoms with E-state index in [9.17, 15) is 4.79 Å². The van der Waals surface area contributed by atoms with Crippen LogP contribution in [0.15, 0.2) is 46.9 Å². The smallest absolute Gasteiger partial charge is 0.261 e. The van der Waals surface area contributed by atoms with Crippen LogP contribution < -0.4 is 4.74 Å². The molecule has 1 amide bonds. The maximum absolute atomic E-state index is 13.0. The van der Waals surface area contributed by atoms with Crippen molar-refractivity contribution in [3.8, 4) is 17.2 Å². The van der Waals surface area contributed by atoms with Gasteiger partial charge in [0.15, 0.2) is 6.61 Å². The first-order valence-electron chi connectivity index (χ1n) is 10.5. The number of nitrogens with zero attached hydrogens (tertiary/aromatic N) is 3. The fraction of sp³-hybridized carbons (Fsp3) is 0.375. The number of benzene rings is 2. The van der Waals surface area contributed by atoms with E-state index in [-0.39, 0.29) is 25.1 Å². The van der Waals surface area contributed by atoms with Gasteiger partial charge in [-0.25, -0.2) is 0 Å². The Morgan fingerprint density at radius 2 is 2.00 bits per heavy atom. The Hall–Kier alpha value is -2.86. The molecule has 2 aromatic carbocycles. The summed E-state index contributed by atoms with van der Waals surface area (Å²) in [7, 11) is 0. The molecule has 7 heteroatoms. The van der Waals surface area contributed by atoms with Crippen LogP contribution in [0.1, 0.15) is 49.6 Å². The van der Waals surface area contributed by atoms with Gasteiger partial charge in [0.05, 0.1) is 17.1 Å². The number of hydrogen-bond donors (Lipinski definition) is 0. The highest BCUT2D eigenvalue weighted by Crippen LogP contribution is 2.31. The van der Waals surface area contributed by atoms with Gasteiger partial charge in [-0.05, 0) is 55.0 Å². The van der Waals surface area contributed by atoms with Gasteiger partial charge in [-0.3, -0.25) is 4.79 Å². The Morgan fingerprint density at radius 1 is 1.23 bits per heavy atom. The monoisotopic (exact) mass is 439 g/mol. The Kier molecular flexibility index (Phi) is 6.28. The second kappa shape index (κ2) is 9.10. The van der Waals surface area contributed by atoms with Crippen LogP contribution in [0.5, 0.6) is 5.75 Å². The third-order valence-corrected chi connectivity index (χ3v) is 5.66. The van der Waals surface area contributed by atoms with Crippen LogP contribution >= 0.6 is 11.6 Å². The van der Waals surface area contributed by atoms with Gasteiger partial charge in [-0.1, -0.05) is 49.7 Å². The summed E-state index contributed by atoms with van der Waals surface area (Å²) in [6.07, 6.45) is 1.94. The van der Waals surface area contributed by atoms with Crippen molar-refractivity contribution >= 4 is 17.5 Å². The molecule has 0 saturated heterocycles. The fourth-order valence-electron chi connectivity index (χ4n) is 3.48. The predicted molar refractivity (Wildman–Crippen MR) is 119 cm³/mol. The van der Waals surface area contributed by atoms with Crippen LogP contribution in [-0.2, 0) is 11.3 Å². The zero-order valence-electron chi connectivity index (χ0n) is 18.0. The number of amides is 1. The standard InChI is InChI=1S/C24H26ClN3O3/c1-15(2)18-11-8-16(3)12-21(18)30-14-23(29)28(17-9-10-17)13-22-26-27-24(31-22)19-6-4-5-7-20(19)25/h4-8,11-12,15,17H,9-10,13-14H2,1-3H3. The highest BCUT2D eigenvalue weighted by atomic mass is 35.5. The molecule has 0 N–H and O–H groups in total. The quantitative estimate of drug-likeness (QED) is 0.470. The first-order chi connectivity index (χ1) is 14.9. The van der Waals surface area contributed by atoms with Crippen molar-refractivity contribution < 1.29 is 13.9 Å². The van der Waals surface area contributed by atoms with E-state index >= 15 is 0 Å². The van der Waals surface area contributed by atoms with E-state index in [2.05, 4.69) is 36.2 Å². The van der Waals surface area contributed by atoms with E-state index in [0.717, 1.165) is 29.7 Å². The average Bonchev–Trinajstić information content (AvgIpc) is 3.48. The third kappa shape index (κ3) is 5.07. The third-order valence-electron chi connectivity index (χ3n) is 5.33. The van der Waals surface area contributed by atoms with E-state index in [0.29, 0.717) is 28.3 Å². The summed E-state index contributed by atoms with van der Waals surface area (Å²) in [4.78, 5) is 14.8. The summed E-state index contributed by atoms with van der Waals surface area (Å²) >= 11 is 6.22. The van der Waals surface area contributed by atoms with Crippen LogP contribution in [0.3, 0.4) is 0 Å². The Balaban J connectivity index is 1.45. The van der Waals surface area contributed by atoms with Crippen molar-refractivity contribution in [2.75, 3.05) is 6.61 Å². The summed E-state index contributed by atoms with van der Waals surface area (Å²) in [6, 6.07) is 13.6. The molecule has 6 nitrogen and oxygen atoms in total. The number of aryl methyl sites for hydroxylation is 1. The molecule has 0 unspecified atom stereocenters. The molecule has 0 aliphatic heterocycles. The molecular weight excluding hydrogens is 414 g/mol. The molecule has 0 atom stereocenters. The fourth-order valence-corrected chi connectivity index (χ4v) is 3.70. The molecule has 162 valence electrons. The van der Waals surface area contributed by atoms with Crippen LogP contribution in [0.4, 0.5) is 0 Å². The maximum atomic E-state index is 13.0. The van der Waals surface area contributed by atoms with Gasteiger partial charge in [0.1, 0.15) is 5.75 Å². The zero-order chi connectivity index (χ0) is 22.0. The molecular formula is C24H26ClN3O3. The lowest BCUT2D eigenvalue weighted by atomic mass is 10.0. The largest absolute Gasteiger partial charge is 0.483 e. The number of hydrogen-bond acceptors (Lipinski definition) is 5. The molecule has 3 aromatic rings. The van der Waals surface area contributed by atoms with Gasteiger partial charge in [0.25, 0.3) is 5.91 Å². The van der Waals surface area contributed by atoms with Crippen molar-refractivity contribution in [3.05, 3.63) is 64.5 Å². The molecule has 1 saturated carbocycles. The SMILES string of the molecule is Cc1ccc(C(C)C)c(OCC(=O)N(Cc2nnc(-c3ccccc3Cl)o2)C2CC2)c1. The lowest BCUT2D eigenvalue weighted by Gasteiger charge is -2.21. The molecule has 0 radical (unpaired) electrons. The predicted octanol–water partition coefficient (Wildman–Crippen LogP) is 5.39. The van der Waals surface area contributed by atoms with Crippen LogP contribution in [0, 0.1) is 6.92 Å². The highest BCUT2D eigenvalue weighted by Gasteiger charge is 2.34. The second-order valence-corrected chi connectivity index (χ2v) is 8.63. The van der Waals surface area contributed by atoms with Gasteiger partial charge >= 0.3 is 0 Å². The van der Waals surface area contributed by atoms with E-state index < -0.39 is 0 Å². The van der Waals surface area contributed by atoms with Crippen LogP contribution in [0.25, 0.3) is 11.5 Å². The number of aromatic nitrogens is 2. The van der Waals surface area contributed by atoms with E-state index in [1.54, 1.807) is 11.0 Å². The topological polar surface area (TPSA) is 68.5 Å². The average molecular weight is 440 g/mol. The molecule has 1 aromatic heterocycles. The lowest BCUT2D eigenvalue weighted by molar-refractivity contribution is -0.135. The summed E-state index contributed by atoms with van der Waals surface area (Å²) in [5.74, 6) is 1.72. The second-order valence-electron chi connectivity index (χ2n) is 8.22. The molecule has 0 bridgehead atoms. The normalized spacial score (nSPS) is 13.5. The van der Waals surface area contributed by atoms with Crippen molar-refractivity contribution in [2.45, 2.75) is 52.1 Å². The zero-order valence-corrected chi connectivity index (χ0v) is 18.7. The number of carbonyl (C=O) groups excluding carboxylic acids is 1. The van der Waals surface area contributed by atoms with E-state index in [4.69, 9.17) is 20.8 Å². The van der Waals surface area contributed by atoms with Crippen LogP contribution in [-0.4, -0.2) is 33.7 Å². The maximum Gasteiger partial charge on any atom is 0.261 e. The van der Waals surface area contributed by atoms with Crippen molar-refractivity contribution in [2.24, 2.45) is 0 Å². The first kappa shape index (κ1) is 21.4. The van der Waals surface area contributed by atoms with Gasteiger partial charge in [0, 0.05) is 6.04 Å². The minimum Gasteiger partial charge on any atom is -0.483 e. The highest BCUT2D eigenvalue weighted by molar-refractivity contribution is 6.33. The minimum atomic E-state index is -0.0868. The number of ether oxygens (including phenoxy) is 1. The number of halogens is 1. The van der Waals surface area contributed by atoms with Gasteiger partial charge in [0.2, 0.25) is 11.8 Å². The Labute approximate surface area is 187 Å². The molecule has 1 aliphatic carbocycles. The van der Waals surface area contributed by atoms with Crippen molar-refractivity contribution in [1.82, 2.24) is 15.1 Å². The van der Waals surface area contributed by atoms with Gasteiger partial charge in [-0.2, -0.15) is 0 Å². The summed E-state index contributed by atoms with van der Waals surface area (Å²) < 4.78 is 11.7. The Morgan fingerprint density at radius 3 is 2.71 bits per heavy atom. The summed E-state index contributed by atoms with van der Waals surface area (Å²) in [6.45, 7) is 6.48. The molecule has 1 heterocycles. The molecule has 1 aliphatic rings. The van der Waals surface area contributed by atoms with Crippen LogP contribution in [0.2, 0.25) is 5.02 Å². The van der Waals surface area contributed by atoms with E-state index in [1.165, 1.54) is 0 Å². The summed E-state index contributed by atoms with van der Waals surface area (Å²) in [5, 5.41) is 8.77. The Bertz CT molecular complexity index is 1080. The molecule has 0 spiro atoms. The van der Waals surface area contributed by atoms with Gasteiger partial charge < -0.3 is 14.1 Å². The minimum absolute atomic E-state index is 0.0226. The summed E-state index contributed by atoms with van der Waals surface area (Å²) in [5.41, 5.74) is 2.87.